The van der Waals surface area contributed by atoms with E-state index in [-0.39, 0.29) is 0 Å². The summed E-state index contributed by atoms with van der Waals surface area (Å²) >= 11 is 0. The lowest BCUT2D eigenvalue weighted by atomic mass is 9.83. The van der Waals surface area contributed by atoms with Gasteiger partial charge in [-0.15, -0.1) is 0 Å². The molecule has 7 nitrogen and oxygen atoms in total. The molecule has 0 aromatic carbocycles. The van der Waals surface area contributed by atoms with Gasteiger partial charge < -0.3 is 9.64 Å². The number of anilines is 1. The van der Waals surface area contributed by atoms with Crippen molar-refractivity contribution in [3.05, 3.63) is 42.1 Å². The van der Waals surface area contributed by atoms with Crippen molar-refractivity contribution in [1.29, 1.82) is 0 Å². The lowest BCUT2D eigenvalue weighted by molar-refractivity contribution is 0.215. The van der Waals surface area contributed by atoms with Crippen LogP contribution in [-0.4, -0.2) is 44.3 Å². The van der Waals surface area contributed by atoms with Crippen LogP contribution in [0, 0.1) is 12.8 Å². The molecule has 1 aliphatic carbocycles. The van der Waals surface area contributed by atoms with E-state index in [0.717, 1.165) is 61.3 Å². The van der Waals surface area contributed by atoms with E-state index < -0.39 is 0 Å². The minimum atomic E-state index is 0.550. The van der Waals surface area contributed by atoms with Gasteiger partial charge in [-0.3, -0.25) is 0 Å². The molecule has 0 bridgehead atoms. The van der Waals surface area contributed by atoms with Gasteiger partial charge in [0.2, 0.25) is 5.88 Å². The van der Waals surface area contributed by atoms with Gasteiger partial charge in [0.15, 0.2) is 5.65 Å². The molecule has 2 fully saturated rings. The molecule has 1 saturated heterocycles. The summed E-state index contributed by atoms with van der Waals surface area (Å²) in [5.41, 5.74) is 3.08. The Morgan fingerprint density at radius 3 is 2.75 bits per heavy atom. The van der Waals surface area contributed by atoms with Crippen LogP contribution in [0.1, 0.15) is 49.4 Å². The first-order chi connectivity index (χ1) is 13.8. The summed E-state index contributed by atoms with van der Waals surface area (Å²) in [6.45, 7) is 4.77. The van der Waals surface area contributed by atoms with Crippen molar-refractivity contribution in [3.63, 3.8) is 0 Å². The minimum Gasteiger partial charge on any atom is -0.477 e. The zero-order valence-corrected chi connectivity index (χ0v) is 16.3. The molecule has 3 aromatic rings. The van der Waals surface area contributed by atoms with Gasteiger partial charge in [0.1, 0.15) is 12.1 Å². The molecule has 1 aliphatic heterocycles. The summed E-state index contributed by atoms with van der Waals surface area (Å²) in [4.78, 5) is 15.7. The maximum atomic E-state index is 6.03. The Morgan fingerprint density at radius 2 is 1.96 bits per heavy atom. The number of hydrogen-bond acceptors (Lipinski definition) is 6. The Labute approximate surface area is 164 Å². The Hall–Kier alpha value is -2.70. The van der Waals surface area contributed by atoms with Crippen molar-refractivity contribution in [2.45, 2.75) is 44.9 Å². The molecule has 0 radical (unpaired) electrons. The van der Waals surface area contributed by atoms with Crippen LogP contribution in [0.3, 0.4) is 0 Å². The smallest absolute Gasteiger partial charge is 0.216 e. The molecule has 5 rings (SSSR count). The van der Waals surface area contributed by atoms with Gasteiger partial charge in [0.25, 0.3) is 0 Å². The molecule has 146 valence electrons. The summed E-state index contributed by atoms with van der Waals surface area (Å²) in [7, 11) is 0. The molecule has 0 spiro atoms. The van der Waals surface area contributed by atoms with Crippen LogP contribution < -0.4 is 9.64 Å². The van der Waals surface area contributed by atoms with Crippen molar-refractivity contribution in [2.75, 3.05) is 24.6 Å². The number of nitrogens with zero attached hydrogens (tertiary/aromatic N) is 6. The molecule has 0 N–H and O–H groups in total. The Bertz CT molecular complexity index is 958. The highest BCUT2D eigenvalue weighted by Gasteiger charge is 2.24. The SMILES string of the molecule is Cc1cc(N2CCC(COc3cc(C4CCC4)ncn3)CC2)n2nccc2n1. The highest BCUT2D eigenvalue weighted by molar-refractivity contribution is 5.50. The van der Waals surface area contributed by atoms with Crippen LogP contribution in [0.25, 0.3) is 5.65 Å². The van der Waals surface area contributed by atoms with Crippen LogP contribution in [-0.2, 0) is 0 Å². The lowest BCUT2D eigenvalue weighted by Gasteiger charge is -2.33. The van der Waals surface area contributed by atoms with Crippen LogP contribution >= 0.6 is 0 Å². The van der Waals surface area contributed by atoms with E-state index in [0.29, 0.717) is 11.8 Å². The molecule has 7 heteroatoms. The molecule has 3 aromatic heterocycles. The van der Waals surface area contributed by atoms with Crippen LogP contribution in [0.5, 0.6) is 5.88 Å². The first-order valence-electron chi connectivity index (χ1n) is 10.3. The maximum absolute atomic E-state index is 6.03. The second kappa shape index (κ2) is 7.37. The number of aryl methyl sites for hydroxylation is 1. The van der Waals surface area contributed by atoms with Crippen molar-refractivity contribution in [1.82, 2.24) is 24.6 Å². The molecule has 4 heterocycles. The van der Waals surface area contributed by atoms with Gasteiger partial charge in [-0.25, -0.2) is 15.0 Å². The van der Waals surface area contributed by atoms with Gasteiger partial charge in [-0.05, 0) is 38.5 Å². The number of rotatable bonds is 5. The molecular formula is C21H26N6O. The second-order valence-corrected chi connectivity index (χ2v) is 8.01. The lowest BCUT2D eigenvalue weighted by Crippen LogP contribution is -2.36. The quantitative estimate of drug-likeness (QED) is 0.678. The highest BCUT2D eigenvalue weighted by Crippen LogP contribution is 2.35. The Balaban J connectivity index is 1.19. The summed E-state index contributed by atoms with van der Waals surface area (Å²) in [5, 5.41) is 4.44. The summed E-state index contributed by atoms with van der Waals surface area (Å²) in [6.07, 6.45) is 9.46. The number of piperidine rings is 1. The third-order valence-corrected chi connectivity index (χ3v) is 6.06. The third-order valence-electron chi connectivity index (χ3n) is 6.06. The van der Waals surface area contributed by atoms with E-state index in [4.69, 9.17) is 4.74 Å². The number of ether oxygens (including phenoxy) is 1. The van der Waals surface area contributed by atoms with Crippen molar-refractivity contribution in [2.24, 2.45) is 5.92 Å². The topological polar surface area (TPSA) is 68.4 Å². The van der Waals surface area contributed by atoms with Crippen molar-refractivity contribution >= 4 is 11.5 Å². The van der Waals surface area contributed by atoms with E-state index >= 15 is 0 Å². The number of fused-ring (bicyclic) bond motifs is 1. The van der Waals surface area contributed by atoms with Gasteiger partial charge in [0.05, 0.1) is 18.5 Å². The fourth-order valence-corrected chi connectivity index (χ4v) is 4.14. The van der Waals surface area contributed by atoms with Crippen LogP contribution in [0.15, 0.2) is 30.7 Å². The Morgan fingerprint density at radius 1 is 1.11 bits per heavy atom. The van der Waals surface area contributed by atoms with Gasteiger partial charge in [-0.1, -0.05) is 6.42 Å². The minimum absolute atomic E-state index is 0.550. The summed E-state index contributed by atoms with van der Waals surface area (Å²) < 4.78 is 7.96. The number of hydrogen-bond donors (Lipinski definition) is 0. The largest absolute Gasteiger partial charge is 0.477 e. The molecule has 2 aliphatic rings. The summed E-state index contributed by atoms with van der Waals surface area (Å²) in [5.74, 6) is 3.01. The van der Waals surface area contributed by atoms with Crippen molar-refractivity contribution in [3.8, 4) is 5.88 Å². The zero-order valence-electron chi connectivity index (χ0n) is 16.3. The van der Waals surface area contributed by atoms with E-state index in [2.05, 4.69) is 31.0 Å². The normalized spacial score (nSPS) is 18.4. The van der Waals surface area contributed by atoms with Gasteiger partial charge in [-0.2, -0.15) is 9.61 Å². The average molecular weight is 378 g/mol. The molecule has 0 atom stereocenters. The predicted octanol–water partition coefficient (Wildman–Crippen LogP) is 3.39. The number of aromatic nitrogens is 5. The van der Waals surface area contributed by atoms with Gasteiger partial charge >= 0.3 is 0 Å². The van der Waals surface area contributed by atoms with E-state index in [1.807, 2.05) is 29.8 Å². The maximum Gasteiger partial charge on any atom is 0.216 e. The fraction of sp³-hybridized carbons (Fsp3) is 0.524. The predicted molar refractivity (Wildman–Crippen MR) is 107 cm³/mol. The molecule has 0 unspecified atom stereocenters. The van der Waals surface area contributed by atoms with Crippen LogP contribution in [0.2, 0.25) is 0 Å². The molecule has 1 saturated carbocycles. The first-order valence-corrected chi connectivity index (χ1v) is 10.3. The fourth-order valence-electron chi connectivity index (χ4n) is 4.14. The summed E-state index contributed by atoms with van der Waals surface area (Å²) in [6, 6.07) is 6.11. The first kappa shape index (κ1) is 17.4. The Kier molecular flexibility index (Phi) is 4.58. The zero-order chi connectivity index (χ0) is 18.9. The third kappa shape index (κ3) is 3.41. The second-order valence-electron chi connectivity index (χ2n) is 8.01. The van der Waals surface area contributed by atoms with Gasteiger partial charge in [0, 0.05) is 42.9 Å². The standard InChI is InChI=1S/C21H26N6O/c1-15-11-21(27-19(25-15)5-8-24-27)26-9-6-16(7-10-26)13-28-20-12-18(22-14-23-20)17-3-2-4-17/h5,8,11-12,14,16-17H,2-4,6-7,9-10,13H2,1H3. The molecule has 28 heavy (non-hydrogen) atoms. The van der Waals surface area contributed by atoms with E-state index in [1.54, 1.807) is 6.33 Å². The molecule has 0 amide bonds. The monoisotopic (exact) mass is 378 g/mol. The van der Waals surface area contributed by atoms with E-state index in [1.165, 1.54) is 19.3 Å². The van der Waals surface area contributed by atoms with E-state index in [9.17, 15) is 0 Å². The molecular weight excluding hydrogens is 352 g/mol. The average Bonchev–Trinajstić information content (AvgIpc) is 3.13. The van der Waals surface area contributed by atoms with Crippen molar-refractivity contribution < 1.29 is 4.74 Å². The highest BCUT2D eigenvalue weighted by atomic mass is 16.5. The van der Waals surface area contributed by atoms with Crippen LogP contribution in [0.4, 0.5) is 5.82 Å².